The highest BCUT2D eigenvalue weighted by molar-refractivity contribution is 6.11. The molecule has 2 N–H and O–H groups in total. The summed E-state index contributed by atoms with van der Waals surface area (Å²) < 4.78 is 0. The first-order valence-electron chi connectivity index (χ1n) is 14.3. The number of nitrogens with one attached hydrogen (secondary N) is 2. The summed E-state index contributed by atoms with van der Waals surface area (Å²) in [5.74, 6) is -0.240. The number of anilines is 1. The van der Waals surface area contributed by atoms with Crippen LogP contribution in [-0.2, 0) is 21.7 Å². The summed E-state index contributed by atoms with van der Waals surface area (Å²) in [6, 6.07) is 17.0. The predicted molar refractivity (Wildman–Crippen MR) is 150 cm³/mol. The number of carbonyl (C=O) groups is 2. The van der Waals surface area contributed by atoms with Crippen molar-refractivity contribution in [2.24, 2.45) is 5.92 Å². The molecule has 0 unspecified atom stereocenters. The van der Waals surface area contributed by atoms with Crippen LogP contribution in [0.25, 0.3) is 11.3 Å². The van der Waals surface area contributed by atoms with E-state index in [1.54, 1.807) is 0 Å². The van der Waals surface area contributed by atoms with Gasteiger partial charge in [0.25, 0.3) is 5.91 Å². The van der Waals surface area contributed by atoms with E-state index >= 15 is 0 Å². The van der Waals surface area contributed by atoms with Gasteiger partial charge in [-0.25, -0.2) is 0 Å². The fourth-order valence-electron chi connectivity index (χ4n) is 7.57. The zero-order valence-corrected chi connectivity index (χ0v) is 22.5. The molecule has 0 saturated carbocycles. The molecule has 8 heteroatoms. The molecule has 2 aromatic carbocycles. The molecule has 3 atom stereocenters. The fourth-order valence-corrected chi connectivity index (χ4v) is 7.57. The molecular weight excluding hydrogens is 488 g/mol. The second-order valence-electron chi connectivity index (χ2n) is 11.6. The van der Waals surface area contributed by atoms with Crippen LogP contribution in [0.4, 0.5) is 5.69 Å². The second-order valence-corrected chi connectivity index (χ2v) is 11.6. The highest BCUT2D eigenvalue weighted by atomic mass is 16.2. The first kappa shape index (κ1) is 24.5. The van der Waals surface area contributed by atoms with E-state index in [1.807, 2.05) is 23.2 Å². The Morgan fingerprint density at radius 2 is 1.85 bits per heavy atom. The van der Waals surface area contributed by atoms with Gasteiger partial charge in [-0.1, -0.05) is 48.0 Å². The number of amides is 2. The van der Waals surface area contributed by atoms with Gasteiger partial charge in [-0.3, -0.25) is 24.5 Å². The molecular formula is C31H36N6O2. The summed E-state index contributed by atoms with van der Waals surface area (Å²) in [6.07, 6.45) is 5.67. The topological polar surface area (TPSA) is 84.6 Å². The largest absolute Gasteiger partial charge is 0.356 e. The summed E-state index contributed by atoms with van der Waals surface area (Å²) >= 11 is 0. The Hall–Kier alpha value is -3.49. The minimum absolute atomic E-state index is 0.0259. The van der Waals surface area contributed by atoms with Crippen LogP contribution in [0.2, 0.25) is 0 Å². The van der Waals surface area contributed by atoms with E-state index in [2.05, 4.69) is 68.6 Å². The van der Waals surface area contributed by atoms with Crippen molar-refractivity contribution in [3.63, 3.8) is 0 Å². The molecule has 8 nitrogen and oxygen atoms in total. The number of aromatic amines is 1. The first-order valence-corrected chi connectivity index (χ1v) is 14.3. The van der Waals surface area contributed by atoms with Crippen molar-refractivity contribution < 1.29 is 9.59 Å². The summed E-state index contributed by atoms with van der Waals surface area (Å²) in [6.45, 7) is 6.47. The SMILES string of the molecule is Cc1ccc(-c2[nH]ncc2CN2CCCNC(=O)[C@@H]3C[C@@H]4CCCN4[C@@]34C(=O)N(CC2)c2ccccc24)cc1. The van der Waals surface area contributed by atoms with Gasteiger partial charge in [0, 0.05) is 55.6 Å². The van der Waals surface area contributed by atoms with E-state index in [0.29, 0.717) is 19.1 Å². The molecule has 0 radical (unpaired) electrons. The number of aromatic nitrogens is 2. The summed E-state index contributed by atoms with van der Waals surface area (Å²) in [5.41, 5.74) is 5.61. The lowest BCUT2D eigenvalue weighted by Crippen LogP contribution is -2.57. The van der Waals surface area contributed by atoms with Gasteiger partial charge in [0.2, 0.25) is 5.91 Å². The summed E-state index contributed by atoms with van der Waals surface area (Å²) in [4.78, 5) is 35.0. The van der Waals surface area contributed by atoms with Crippen LogP contribution in [0.1, 0.15) is 42.4 Å². The van der Waals surface area contributed by atoms with E-state index in [9.17, 15) is 9.59 Å². The normalized spacial score (nSPS) is 27.5. The Morgan fingerprint density at radius 3 is 2.72 bits per heavy atom. The van der Waals surface area contributed by atoms with Gasteiger partial charge in [0.1, 0.15) is 5.54 Å². The molecule has 3 aromatic rings. The van der Waals surface area contributed by atoms with Crippen molar-refractivity contribution in [1.82, 2.24) is 25.3 Å². The van der Waals surface area contributed by atoms with Gasteiger partial charge < -0.3 is 10.2 Å². The van der Waals surface area contributed by atoms with Crippen LogP contribution in [0.5, 0.6) is 0 Å². The van der Waals surface area contributed by atoms with Crippen LogP contribution in [0.3, 0.4) is 0 Å². The maximum Gasteiger partial charge on any atom is 0.253 e. The highest BCUT2D eigenvalue weighted by Gasteiger charge is 2.67. The lowest BCUT2D eigenvalue weighted by molar-refractivity contribution is -0.139. The van der Waals surface area contributed by atoms with Crippen LogP contribution >= 0.6 is 0 Å². The number of hydrogen-bond acceptors (Lipinski definition) is 5. The van der Waals surface area contributed by atoms with E-state index in [-0.39, 0.29) is 17.7 Å². The summed E-state index contributed by atoms with van der Waals surface area (Å²) in [7, 11) is 0. The van der Waals surface area contributed by atoms with Crippen LogP contribution < -0.4 is 10.2 Å². The van der Waals surface area contributed by atoms with Crippen molar-refractivity contribution in [3.05, 3.63) is 71.4 Å². The maximum absolute atomic E-state index is 14.5. The van der Waals surface area contributed by atoms with Crippen LogP contribution in [0, 0.1) is 12.8 Å². The Labute approximate surface area is 229 Å². The minimum atomic E-state index is -0.880. The van der Waals surface area contributed by atoms with E-state index in [0.717, 1.165) is 79.9 Å². The quantitative estimate of drug-likeness (QED) is 0.549. The molecule has 1 spiro atoms. The number of rotatable bonds is 3. The van der Waals surface area contributed by atoms with Gasteiger partial charge in [-0.05, 0) is 50.8 Å². The van der Waals surface area contributed by atoms with Gasteiger partial charge in [-0.2, -0.15) is 5.10 Å². The van der Waals surface area contributed by atoms with Gasteiger partial charge in [-0.15, -0.1) is 0 Å². The smallest absolute Gasteiger partial charge is 0.253 e. The average molecular weight is 525 g/mol. The number of nitrogens with zero attached hydrogens (tertiary/aromatic N) is 4. The van der Waals surface area contributed by atoms with Crippen molar-refractivity contribution >= 4 is 17.5 Å². The first-order chi connectivity index (χ1) is 19.1. The third kappa shape index (κ3) is 3.84. The van der Waals surface area contributed by atoms with E-state index < -0.39 is 5.54 Å². The van der Waals surface area contributed by atoms with Crippen LogP contribution in [0.15, 0.2) is 54.7 Å². The predicted octanol–water partition coefficient (Wildman–Crippen LogP) is 3.43. The Kier molecular flexibility index (Phi) is 6.05. The molecule has 3 fully saturated rings. The highest BCUT2D eigenvalue weighted by Crippen LogP contribution is 2.57. The minimum Gasteiger partial charge on any atom is -0.356 e. The number of aryl methyl sites for hydroxylation is 1. The van der Waals surface area contributed by atoms with E-state index in [4.69, 9.17) is 0 Å². The molecule has 0 aliphatic carbocycles. The van der Waals surface area contributed by atoms with Gasteiger partial charge in [0.05, 0.1) is 17.8 Å². The summed E-state index contributed by atoms with van der Waals surface area (Å²) in [5, 5.41) is 10.8. The third-order valence-corrected chi connectivity index (χ3v) is 9.38. The second kappa shape index (κ2) is 9.61. The molecule has 7 rings (SSSR count). The number of fused-ring (bicyclic) bond motifs is 4. The fraction of sp³-hybridized carbons (Fsp3) is 0.452. The molecule has 4 aliphatic heterocycles. The number of H-pyrrole nitrogens is 1. The zero-order chi connectivity index (χ0) is 26.6. The van der Waals surface area contributed by atoms with Crippen LogP contribution in [-0.4, -0.2) is 70.6 Å². The number of carbonyl (C=O) groups excluding carboxylic acids is 2. The van der Waals surface area contributed by atoms with Crippen molar-refractivity contribution in [2.75, 3.05) is 37.6 Å². The van der Waals surface area contributed by atoms with Crippen molar-refractivity contribution in [1.29, 1.82) is 0 Å². The standard InChI is InChI=1S/C31H36N6O2/c1-21-9-11-22(12-10-21)28-23(19-33-34-28)20-35-14-5-13-32-29(38)26-18-24-6-4-15-37(24)31(26)25-7-2-3-8-27(25)36(17-16-35)30(31)39/h2-3,7-12,19,24,26H,4-6,13-18,20H2,1H3,(H,32,38)(H,33,34)/t24-,26-,31+/m0/s1. The lowest BCUT2D eigenvalue weighted by Gasteiger charge is -2.38. The molecule has 1 aromatic heterocycles. The number of benzene rings is 2. The molecule has 39 heavy (non-hydrogen) atoms. The maximum atomic E-state index is 14.5. The number of hydrogen-bond donors (Lipinski definition) is 2. The Morgan fingerprint density at radius 1 is 1.00 bits per heavy atom. The van der Waals surface area contributed by atoms with E-state index in [1.165, 1.54) is 5.56 Å². The molecule has 2 amide bonds. The molecule has 3 saturated heterocycles. The Balaban J connectivity index is 1.21. The number of para-hydroxylation sites is 1. The lowest BCUT2D eigenvalue weighted by atomic mass is 9.78. The molecule has 202 valence electrons. The molecule has 4 aliphatic rings. The van der Waals surface area contributed by atoms with Gasteiger partial charge in [0.15, 0.2) is 0 Å². The molecule has 5 heterocycles. The van der Waals surface area contributed by atoms with Crippen molar-refractivity contribution in [2.45, 2.75) is 50.7 Å². The third-order valence-electron chi connectivity index (χ3n) is 9.38. The zero-order valence-electron chi connectivity index (χ0n) is 22.5. The molecule has 2 bridgehead atoms. The monoisotopic (exact) mass is 524 g/mol. The Bertz CT molecular complexity index is 1400. The van der Waals surface area contributed by atoms with Crippen molar-refractivity contribution in [3.8, 4) is 11.3 Å². The average Bonchev–Trinajstić information content (AvgIpc) is 3.70. The van der Waals surface area contributed by atoms with Gasteiger partial charge >= 0.3 is 0 Å².